The minimum atomic E-state index is -0.177. The van der Waals surface area contributed by atoms with Gasteiger partial charge >= 0.3 is 0 Å². The Kier molecular flexibility index (Phi) is 2.10. The Morgan fingerprint density at radius 3 is 3.12 bits per heavy atom. The van der Waals surface area contributed by atoms with Crippen LogP contribution in [0, 0.1) is 5.82 Å². The van der Waals surface area contributed by atoms with Crippen molar-refractivity contribution in [1.82, 2.24) is 14.8 Å². The van der Waals surface area contributed by atoms with E-state index in [0.29, 0.717) is 10.9 Å². The fourth-order valence-corrected chi connectivity index (χ4v) is 2.54. The standard InChI is InChI=1S/C11H9BrFN3/c1-6-4-7-9(3-2-8(12)10(7)13)16-5-14-15-11(6)16/h2-3,5-6H,4H2,1H3. The summed E-state index contributed by atoms with van der Waals surface area (Å²) in [5.74, 6) is 0.914. The Hall–Kier alpha value is -1.23. The molecule has 2 heterocycles. The van der Waals surface area contributed by atoms with Crippen LogP contribution in [0.15, 0.2) is 22.9 Å². The molecule has 1 aromatic carbocycles. The van der Waals surface area contributed by atoms with Crippen molar-refractivity contribution in [3.63, 3.8) is 0 Å². The number of hydrogen-bond donors (Lipinski definition) is 0. The summed E-state index contributed by atoms with van der Waals surface area (Å²) >= 11 is 3.21. The zero-order chi connectivity index (χ0) is 11.3. The Labute approximate surface area is 100 Å². The van der Waals surface area contributed by atoms with Gasteiger partial charge in [0, 0.05) is 11.5 Å². The summed E-state index contributed by atoms with van der Waals surface area (Å²) in [5.41, 5.74) is 1.58. The van der Waals surface area contributed by atoms with E-state index in [9.17, 15) is 4.39 Å². The zero-order valence-corrected chi connectivity index (χ0v) is 10.2. The van der Waals surface area contributed by atoms with Crippen molar-refractivity contribution in [2.45, 2.75) is 19.3 Å². The fraction of sp³-hybridized carbons (Fsp3) is 0.273. The molecule has 82 valence electrons. The van der Waals surface area contributed by atoms with E-state index in [1.807, 2.05) is 17.6 Å². The van der Waals surface area contributed by atoms with Gasteiger partial charge in [-0.1, -0.05) is 6.92 Å². The lowest BCUT2D eigenvalue weighted by Gasteiger charge is -2.23. The Morgan fingerprint density at radius 2 is 2.31 bits per heavy atom. The first-order valence-electron chi connectivity index (χ1n) is 5.05. The van der Waals surface area contributed by atoms with Crippen molar-refractivity contribution in [2.75, 3.05) is 0 Å². The van der Waals surface area contributed by atoms with E-state index in [1.165, 1.54) is 0 Å². The molecular formula is C11H9BrFN3. The molecular weight excluding hydrogens is 273 g/mol. The van der Waals surface area contributed by atoms with Gasteiger partial charge in [-0.25, -0.2) is 4.39 Å². The van der Waals surface area contributed by atoms with Gasteiger partial charge in [0.05, 0.1) is 10.2 Å². The number of rotatable bonds is 0. The van der Waals surface area contributed by atoms with Gasteiger partial charge in [0.2, 0.25) is 0 Å². The van der Waals surface area contributed by atoms with Crippen molar-refractivity contribution in [3.8, 4) is 5.69 Å². The predicted molar refractivity (Wildman–Crippen MR) is 61.1 cm³/mol. The second-order valence-corrected chi connectivity index (χ2v) is 4.88. The highest BCUT2D eigenvalue weighted by Gasteiger charge is 2.26. The summed E-state index contributed by atoms with van der Waals surface area (Å²) in [7, 11) is 0. The van der Waals surface area contributed by atoms with E-state index in [2.05, 4.69) is 26.1 Å². The van der Waals surface area contributed by atoms with Crippen LogP contribution >= 0.6 is 15.9 Å². The molecule has 3 rings (SSSR count). The van der Waals surface area contributed by atoms with Gasteiger partial charge < -0.3 is 0 Å². The Balaban J connectivity index is 2.31. The van der Waals surface area contributed by atoms with E-state index in [-0.39, 0.29) is 11.7 Å². The summed E-state index contributed by atoms with van der Waals surface area (Å²) in [4.78, 5) is 0. The van der Waals surface area contributed by atoms with Crippen molar-refractivity contribution in [3.05, 3.63) is 40.1 Å². The first-order valence-corrected chi connectivity index (χ1v) is 5.85. The number of halogens is 2. The third-order valence-corrected chi connectivity index (χ3v) is 3.57. The molecule has 0 saturated carbocycles. The molecule has 0 spiro atoms. The van der Waals surface area contributed by atoms with Crippen molar-refractivity contribution >= 4 is 15.9 Å². The van der Waals surface area contributed by atoms with Gasteiger partial charge in [-0.15, -0.1) is 10.2 Å². The summed E-state index contributed by atoms with van der Waals surface area (Å²) in [6.45, 7) is 2.03. The van der Waals surface area contributed by atoms with Crippen LogP contribution < -0.4 is 0 Å². The predicted octanol–water partition coefficient (Wildman–Crippen LogP) is 2.83. The molecule has 1 atom stereocenters. The van der Waals surface area contributed by atoms with E-state index >= 15 is 0 Å². The maximum atomic E-state index is 14.0. The van der Waals surface area contributed by atoms with E-state index in [0.717, 1.165) is 17.1 Å². The van der Waals surface area contributed by atoms with Crippen molar-refractivity contribution in [2.24, 2.45) is 0 Å². The SMILES string of the molecule is CC1Cc2c(ccc(Br)c2F)-n2cnnc21. The van der Waals surface area contributed by atoms with Crippen LogP contribution in [0.1, 0.15) is 24.2 Å². The Bertz CT molecular complexity index is 564. The second-order valence-electron chi connectivity index (χ2n) is 4.02. The lowest BCUT2D eigenvalue weighted by molar-refractivity contribution is 0.566. The lowest BCUT2D eigenvalue weighted by Crippen LogP contribution is -2.17. The number of benzene rings is 1. The lowest BCUT2D eigenvalue weighted by atomic mass is 9.95. The highest BCUT2D eigenvalue weighted by molar-refractivity contribution is 9.10. The average molecular weight is 282 g/mol. The van der Waals surface area contributed by atoms with Crippen LogP contribution in [0.2, 0.25) is 0 Å². The fourth-order valence-electron chi connectivity index (χ4n) is 2.17. The van der Waals surface area contributed by atoms with E-state index in [4.69, 9.17) is 0 Å². The van der Waals surface area contributed by atoms with Gasteiger partial charge in [-0.3, -0.25) is 4.57 Å². The van der Waals surface area contributed by atoms with Crippen LogP contribution in [0.25, 0.3) is 5.69 Å². The van der Waals surface area contributed by atoms with Gasteiger partial charge in [0.1, 0.15) is 18.0 Å². The molecule has 0 N–H and O–H groups in total. The third-order valence-electron chi connectivity index (χ3n) is 2.96. The third kappa shape index (κ3) is 1.24. The molecule has 0 amide bonds. The average Bonchev–Trinajstić information content (AvgIpc) is 2.74. The normalized spacial score (nSPS) is 18.1. The smallest absolute Gasteiger partial charge is 0.142 e. The molecule has 0 aliphatic carbocycles. The minimum Gasteiger partial charge on any atom is -0.285 e. The van der Waals surface area contributed by atoms with Gasteiger partial charge in [0.25, 0.3) is 0 Å². The highest BCUT2D eigenvalue weighted by atomic mass is 79.9. The number of fused-ring (bicyclic) bond motifs is 3. The first kappa shape index (κ1) is 9.96. The van der Waals surface area contributed by atoms with Crippen LogP contribution in [0.4, 0.5) is 4.39 Å². The first-order chi connectivity index (χ1) is 7.68. The van der Waals surface area contributed by atoms with Gasteiger partial charge in [-0.2, -0.15) is 0 Å². The molecule has 2 aromatic rings. The molecule has 1 aliphatic rings. The zero-order valence-electron chi connectivity index (χ0n) is 8.61. The van der Waals surface area contributed by atoms with Crippen LogP contribution in [0.3, 0.4) is 0 Å². The molecule has 3 nitrogen and oxygen atoms in total. The molecule has 1 aliphatic heterocycles. The quantitative estimate of drug-likeness (QED) is 0.744. The van der Waals surface area contributed by atoms with Crippen LogP contribution in [-0.4, -0.2) is 14.8 Å². The molecule has 1 unspecified atom stereocenters. The van der Waals surface area contributed by atoms with Gasteiger partial charge in [-0.05, 0) is 34.5 Å². The van der Waals surface area contributed by atoms with Gasteiger partial charge in [0.15, 0.2) is 0 Å². The largest absolute Gasteiger partial charge is 0.285 e. The van der Waals surface area contributed by atoms with Crippen molar-refractivity contribution in [1.29, 1.82) is 0 Å². The summed E-state index contributed by atoms with van der Waals surface area (Å²) in [5, 5.41) is 7.95. The second kappa shape index (κ2) is 3.38. The van der Waals surface area contributed by atoms with Crippen LogP contribution in [-0.2, 0) is 6.42 Å². The topological polar surface area (TPSA) is 30.7 Å². The molecule has 0 saturated heterocycles. The molecule has 0 fully saturated rings. The highest BCUT2D eigenvalue weighted by Crippen LogP contribution is 2.34. The molecule has 5 heteroatoms. The molecule has 16 heavy (non-hydrogen) atoms. The summed E-state index contributed by atoms with van der Waals surface area (Å²) in [6.07, 6.45) is 2.30. The maximum absolute atomic E-state index is 14.0. The number of aromatic nitrogens is 3. The van der Waals surface area contributed by atoms with Crippen LogP contribution in [0.5, 0.6) is 0 Å². The molecule has 0 radical (unpaired) electrons. The van der Waals surface area contributed by atoms with Crippen molar-refractivity contribution < 1.29 is 4.39 Å². The monoisotopic (exact) mass is 281 g/mol. The summed E-state index contributed by atoms with van der Waals surface area (Å²) < 4.78 is 16.3. The molecule has 0 bridgehead atoms. The molecule has 1 aromatic heterocycles. The minimum absolute atomic E-state index is 0.177. The maximum Gasteiger partial charge on any atom is 0.142 e. The van der Waals surface area contributed by atoms with E-state index in [1.54, 1.807) is 12.4 Å². The summed E-state index contributed by atoms with van der Waals surface area (Å²) in [6, 6.07) is 3.61. The van der Waals surface area contributed by atoms with E-state index < -0.39 is 0 Å². The number of nitrogens with zero attached hydrogens (tertiary/aromatic N) is 3. The number of hydrogen-bond acceptors (Lipinski definition) is 2. The Morgan fingerprint density at radius 1 is 1.50 bits per heavy atom.